The summed E-state index contributed by atoms with van der Waals surface area (Å²) >= 11 is 3.94. The summed E-state index contributed by atoms with van der Waals surface area (Å²) in [6, 6.07) is 7.91. The van der Waals surface area contributed by atoms with Crippen LogP contribution in [0.25, 0.3) is 0 Å². The van der Waals surface area contributed by atoms with Crippen molar-refractivity contribution in [2.24, 2.45) is 5.73 Å². The first-order valence-electron chi connectivity index (χ1n) is 6.05. The molecule has 3 N–H and O–H groups in total. The van der Waals surface area contributed by atoms with Crippen LogP contribution >= 0.6 is 35.9 Å². The number of benzene rings is 1. The molecule has 1 atom stereocenters. The summed E-state index contributed by atoms with van der Waals surface area (Å²) in [5.41, 5.74) is 7.48. The predicted molar refractivity (Wildman–Crippen MR) is 87.3 cm³/mol. The van der Waals surface area contributed by atoms with E-state index in [-0.39, 0.29) is 24.4 Å². The zero-order valence-corrected chi connectivity index (χ0v) is 13.2. The van der Waals surface area contributed by atoms with Crippen LogP contribution in [0.3, 0.4) is 0 Å². The number of halogens is 1. The van der Waals surface area contributed by atoms with E-state index in [1.54, 1.807) is 0 Å². The molecule has 3 nitrogen and oxygen atoms in total. The van der Waals surface area contributed by atoms with Crippen LogP contribution in [0, 0.1) is 0 Å². The van der Waals surface area contributed by atoms with Gasteiger partial charge >= 0.3 is 0 Å². The molecule has 2 rings (SSSR count). The van der Waals surface area contributed by atoms with Gasteiger partial charge in [-0.15, -0.1) is 35.9 Å². The summed E-state index contributed by atoms with van der Waals surface area (Å²) in [5, 5.41) is 2.86. The van der Waals surface area contributed by atoms with Crippen molar-refractivity contribution in [3.8, 4) is 0 Å². The van der Waals surface area contributed by atoms with Crippen molar-refractivity contribution in [3.63, 3.8) is 0 Å². The van der Waals surface area contributed by atoms with Gasteiger partial charge in [-0.1, -0.05) is 12.1 Å². The van der Waals surface area contributed by atoms with E-state index in [0.717, 1.165) is 0 Å². The fourth-order valence-electron chi connectivity index (χ4n) is 1.71. The van der Waals surface area contributed by atoms with Crippen molar-refractivity contribution in [1.82, 2.24) is 5.32 Å². The molecule has 1 aliphatic heterocycles. The molecule has 0 bridgehead atoms. The summed E-state index contributed by atoms with van der Waals surface area (Å²) in [6.07, 6.45) is 0. The molecule has 1 amide bonds. The fourth-order valence-corrected chi connectivity index (χ4v) is 4.57. The van der Waals surface area contributed by atoms with E-state index >= 15 is 0 Å². The topological polar surface area (TPSA) is 55.1 Å². The third-order valence-electron chi connectivity index (χ3n) is 2.80. The Morgan fingerprint density at radius 1 is 1.37 bits per heavy atom. The molecule has 19 heavy (non-hydrogen) atoms. The van der Waals surface area contributed by atoms with Crippen LogP contribution in [0.5, 0.6) is 0 Å². The fraction of sp³-hybridized carbons (Fsp3) is 0.462. The predicted octanol–water partition coefficient (Wildman–Crippen LogP) is 2.66. The van der Waals surface area contributed by atoms with Crippen molar-refractivity contribution in [2.45, 2.75) is 17.5 Å². The van der Waals surface area contributed by atoms with Gasteiger partial charge in [0.1, 0.15) is 0 Å². The van der Waals surface area contributed by atoms with Gasteiger partial charge in [0, 0.05) is 29.7 Å². The average Bonchev–Trinajstić information content (AvgIpc) is 2.92. The first-order valence-corrected chi connectivity index (χ1v) is 8.14. The van der Waals surface area contributed by atoms with E-state index in [0.29, 0.717) is 16.7 Å². The van der Waals surface area contributed by atoms with E-state index in [1.807, 2.05) is 42.6 Å². The first-order chi connectivity index (χ1) is 8.70. The van der Waals surface area contributed by atoms with Crippen LogP contribution in [-0.2, 0) is 0 Å². The summed E-state index contributed by atoms with van der Waals surface area (Å²) in [7, 11) is 0. The van der Waals surface area contributed by atoms with Gasteiger partial charge in [0.15, 0.2) is 0 Å². The van der Waals surface area contributed by atoms with Gasteiger partial charge in [-0.25, -0.2) is 0 Å². The molecule has 106 valence electrons. The lowest BCUT2D eigenvalue weighted by molar-refractivity contribution is 0.0941. The summed E-state index contributed by atoms with van der Waals surface area (Å²) in [6.45, 7) is 2.36. The Morgan fingerprint density at radius 3 is 2.47 bits per heavy atom. The SMILES string of the molecule is C[C@@H](CN)NC(=O)c1ccc(C2SCCS2)cc1.Cl. The minimum absolute atomic E-state index is 0. The molecule has 0 aromatic heterocycles. The van der Waals surface area contributed by atoms with Crippen molar-refractivity contribution in [3.05, 3.63) is 35.4 Å². The Labute approximate surface area is 128 Å². The highest BCUT2D eigenvalue weighted by Crippen LogP contribution is 2.45. The average molecular weight is 319 g/mol. The minimum atomic E-state index is -0.0498. The monoisotopic (exact) mass is 318 g/mol. The largest absolute Gasteiger partial charge is 0.348 e. The van der Waals surface area contributed by atoms with Crippen LogP contribution < -0.4 is 11.1 Å². The lowest BCUT2D eigenvalue weighted by Crippen LogP contribution is -2.37. The Balaban J connectivity index is 0.00000180. The van der Waals surface area contributed by atoms with E-state index in [1.165, 1.54) is 17.1 Å². The standard InChI is InChI=1S/C13H18N2OS2.ClH/c1-9(8-14)15-12(16)10-2-4-11(5-3-10)13-17-6-7-18-13;/h2-5,9,13H,6-8,14H2,1H3,(H,15,16);1H/t9-;/m0./s1. The molecular formula is C13H19ClN2OS2. The normalized spacial score (nSPS) is 16.7. The van der Waals surface area contributed by atoms with Gasteiger partial charge in [0.05, 0.1) is 4.58 Å². The second-order valence-corrected chi connectivity index (χ2v) is 7.03. The van der Waals surface area contributed by atoms with E-state index < -0.39 is 0 Å². The minimum Gasteiger partial charge on any atom is -0.348 e. The van der Waals surface area contributed by atoms with Crippen LogP contribution in [0.4, 0.5) is 0 Å². The number of nitrogens with two attached hydrogens (primary N) is 1. The molecule has 1 fully saturated rings. The van der Waals surface area contributed by atoms with Gasteiger partial charge in [-0.3, -0.25) is 4.79 Å². The van der Waals surface area contributed by atoms with E-state index in [9.17, 15) is 4.79 Å². The molecule has 0 radical (unpaired) electrons. The quantitative estimate of drug-likeness (QED) is 0.896. The molecule has 1 aromatic rings. The number of rotatable bonds is 4. The molecule has 1 heterocycles. The number of carbonyl (C=O) groups excluding carboxylic acids is 1. The number of amides is 1. The summed E-state index contributed by atoms with van der Waals surface area (Å²) in [5.74, 6) is 2.38. The number of thioether (sulfide) groups is 2. The second kappa shape index (κ2) is 8.04. The van der Waals surface area contributed by atoms with Crippen LogP contribution in [0.15, 0.2) is 24.3 Å². The smallest absolute Gasteiger partial charge is 0.251 e. The van der Waals surface area contributed by atoms with E-state index in [4.69, 9.17) is 5.73 Å². The third kappa shape index (κ3) is 4.60. The number of hydrogen-bond donors (Lipinski definition) is 2. The maximum atomic E-state index is 11.9. The third-order valence-corrected chi connectivity index (χ3v) is 5.90. The lowest BCUT2D eigenvalue weighted by Gasteiger charge is -2.12. The Morgan fingerprint density at radius 2 is 1.95 bits per heavy atom. The Bertz CT molecular complexity index is 408. The molecular weight excluding hydrogens is 300 g/mol. The molecule has 0 aliphatic carbocycles. The van der Waals surface area contributed by atoms with Gasteiger partial charge in [0.2, 0.25) is 0 Å². The van der Waals surface area contributed by atoms with E-state index in [2.05, 4.69) is 17.4 Å². The highest BCUT2D eigenvalue weighted by atomic mass is 35.5. The van der Waals surface area contributed by atoms with Gasteiger partial charge in [-0.2, -0.15) is 0 Å². The Kier molecular flexibility index (Phi) is 7.07. The lowest BCUT2D eigenvalue weighted by atomic mass is 10.1. The van der Waals surface area contributed by atoms with Crippen molar-refractivity contribution in [2.75, 3.05) is 18.1 Å². The Hall–Kier alpha value is -0.360. The van der Waals surface area contributed by atoms with Crippen LogP contribution in [0.2, 0.25) is 0 Å². The van der Waals surface area contributed by atoms with Crippen molar-refractivity contribution in [1.29, 1.82) is 0 Å². The summed E-state index contributed by atoms with van der Waals surface area (Å²) in [4.78, 5) is 11.9. The highest BCUT2D eigenvalue weighted by Gasteiger charge is 2.18. The van der Waals surface area contributed by atoms with Crippen LogP contribution in [0.1, 0.15) is 27.4 Å². The molecule has 1 aromatic carbocycles. The van der Waals surface area contributed by atoms with Crippen LogP contribution in [-0.4, -0.2) is 30.0 Å². The zero-order valence-electron chi connectivity index (χ0n) is 10.8. The summed E-state index contributed by atoms with van der Waals surface area (Å²) < 4.78 is 0.532. The number of carbonyl (C=O) groups is 1. The molecule has 1 saturated heterocycles. The van der Waals surface area contributed by atoms with Gasteiger partial charge in [0.25, 0.3) is 5.91 Å². The maximum Gasteiger partial charge on any atom is 0.251 e. The van der Waals surface area contributed by atoms with Crippen molar-refractivity contribution >= 4 is 41.8 Å². The zero-order chi connectivity index (χ0) is 13.0. The maximum absolute atomic E-state index is 11.9. The number of nitrogens with one attached hydrogen (secondary N) is 1. The van der Waals surface area contributed by atoms with Gasteiger partial charge < -0.3 is 11.1 Å². The molecule has 0 spiro atoms. The molecule has 6 heteroatoms. The molecule has 0 saturated carbocycles. The van der Waals surface area contributed by atoms with Crippen molar-refractivity contribution < 1.29 is 4.79 Å². The highest BCUT2D eigenvalue weighted by molar-refractivity contribution is 8.19. The molecule has 1 aliphatic rings. The molecule has 0 unspecified atom stereocenters. The first kappa shape index (κ1) is 16.7. The van der Waals surface area contributed by atoms with Gasteiger partial charge in [-0.05, 0) is 24.6 Å². The number of hydrogen-bond acceptors (Lipinski definition) is 4. The second-order valence-electron chi connectivity index (χ2n) is 4.31.